The topological polar surface area (TPSA) is 78.9 Å². The highest BCUT2D eigenvalue weighted by Gasteiger charge is 2.71. The molecule has 21 heavy (non-hydrogen) atoms. The minimum atomic E-state index is -0.761. The van der Waals surface area contributed by atoms with Crippen molar-refractivity contribution < 1.29 is 28.6 Å². The van der Waals surface area contributed by atoms with Crippen LogP contribution >= 0.6 is 11.8 Å². The highest BCUT2D eigenvalue weighted by Crippen LogP contribution is 2.61. The maximum absolute atomic E-state index is 11.8. The van der Waals surface area contributed by atoms with Gasteiger partial charge in [-0.2, -0.15) is 0 Å². The SMILES string of the molecule is C=C(C)C(=O)OCC(=O)OC1C2CC3C(=O)OC1(C)C3S2. The van der Waals surface area contributed by atoms with Crippen molar-refractivity contribution >= 4 is 29.7 Å². The molecular weight excluding hydrogens is 296 g/mol. The van der Waals surface area contributed by atoms with Crippen LogP contribution in [0.3, 0.4) is 0 Å². The predicted octanol–water partition coefficient (Wildman–Crippen LogP) is 0.837. The molecule has 3 rings (SSSR count). The summed E-state index contributed by atoms with van der Waals surface area (Å²) in [5, 5.41) is 0.114. The van der Waals surface area contributed by atoms with Gasteiger partial charge in [0.1, 0.15) is 0 Å². The summed E-state index contributed by atoms with van der Waals surface area (Å²) in [5.41, 5.74) is -0.540. The molecule has 5 atom stereocenters. The Balaban J connectivity index is 1.61. The standard InChI is InChI=1S/C14H16O6S/c1-6(2)12(16)18-5-9(15)19-10-8-4-7-11(21-8)14(10,3)20-13(7)17/h7-8,10-11H,1,4-5H2,2-3H3. The zero-order valence-electron chi connectivity index (χ0n) is 11.8. The number of hydrogen-bond acceptors (Lipinski definition) is 7. The minimum Gasteiger partial charge on any atom is -0.454 e. The molecule has 0 aromatic carbocycles. The van der Waals surface area contributed by atoms with E-state index >= 15 is 0 Å². The lowest BCUT2D eigenvalue weighted by atomic mass is 9.80. The van der Waals surface area contributed by atoms with Crippen LogP contribution in [0, 0.1) is 5.92 Å². The summed E-state index contributed by atoms with van der Waals surface area (Å²) in [6, 6.07) is 0. The molecule has 7 heteroatoms. The summed E-state index contributed by atoms with van der Waals surface area (Å²) in [7, 11) is 0. The molecule has 3 aliphatic rings. The fraction of sp³-hybridized carbons (Fsp3) is 0.643. The number of carbonyl (C=O) groups is 3. The van der Waals surface area contributed by atoms with E-state index in [4.69, 9.17) is 14.2 Å². The molecule has 0 radical (unpaired) electrons. The highest BCUT2D eigenvalue weighted by molar-refractivity contribution is 8.01. The molecule has 114 valence electrons. The summed E-state index contributed by atoms with van der Waals surface area (Å²) >= 11 is 1.65. The molecule has 3 saturated heterocycles. The van der Waals surface area contributed by atoms with Gasteiger partial charge in [-0.25, -0.2) is 9.59 Å². The molecule has 0 amide bonds. The first-order chi connectivity index (χ1) is 9.83. The maximum Gasteiger partial charge on any atom is 0.344 e. The van der Waals surface area contributed by atoms with E-state index in [-0.39, 0.29) is 28.0 Å². The Kier molecular flexibility index (Phi) is 3.27. The Morgan fingerprint density at radius 1 is 1.52 bits per heavy atom. The Bertz CT molecular complexity index is 544. The summed E-state index contributed by atoms with van der Waals surface area (Å²) in [6.45, 7) is 6.27. The van der Waals surface area contributed by atoms with Crippen molar-refractivity contribution in [1.29, 1.82) is 0 Å². The van der Waals surface area contributed by atoms with E-state index in [0.29, 0.717) is 6.42 Å². The number of ether oxygens (including phenoxy) is 3. The molecular formula is C14H16O6S. The van der Waals surface area contributed by atoms with E-state index in [1.807, 2.05) is 0 Å². The average Bonchev–Trinajstić information content (AvgIpc) is 2.99. The van der Waals surface area contributed by atoms with Crippen LogP contribution in [-0.2, 0) is 28.6 Å². The number of carbonyl (C=O) groups excluding carboxylic acids is 3. The lowest BCUT2D eigenvalue weighted by Gasteiger charge is -2.32. The highest BCUT2D eigenvalue weighted by atomic mass is 32.2. The second-order valence-corrected chi connectivity index (χ2v) is 7.19. The first kappa shape index (κ1) is 14.4. The van der Waals surface area contributed by atoms with E-state index < -0.39 is 30.3 Å². The smallest absolute Gasteiger partial charge is 0.344 e. The van der Waals surface area contributed by atoms with Crippen LogP contribution in [0.2, 0.25) is 0 Å². The summed E-state index contributed by atoms with van der Waals surface area (Å²) < 4.78 is 15.6. The summed E-state index contributed by atoms with van der Waals surface area (Å²) in [5.74, 6) is -1.55. The molecule has 0 saturated carbocycles. The van der Waals surface area contributed by atoms with Crippen LogP contribution in [0.4, 0.5) is 0 Å². The number of fused-ring (bicyclic) bond motifs is 1. The van der Waals surface area contributed by atoms with Crippen LogP contribution in [-0.4, -0.2) is 46.7 Å². The first-order valence-electron chi connectivity index (χ1n) is 6.73. The quantitative estimate of drug-likeness (QED) is 0.432. The van der Waals surface area contributed by atoms with Gasteiger partial charge in [-0.05, 0) is 20.3 Å². The molecule has 5 unspecified atom stereocenters. The first-order valence-corrected chi connectivity index (χ1v) is 7.67. The van der Waals surface area contributed by atoms with E-state index in [0.717, 1.165) is 0 Å². The third-order valence-corrected chi connectivity index (χ3v) is 6.07. The molecule has 2 bridgehead atoms. The van der Waals surface area contributed by atoms with Crippen LogP contribution in [0.25, 0.3) is 0 Å². The summed E-state index contributed by atoms with van der Waals surface area (Å²) in [4.78, 5) is 34.8. The van der Waals surface area contributed by atoms with Crippen molar-refractivity contribution in [1.82, 2.24) is 0 Å². The van der Waals surface area contributed by atoms with Crippen molar-refractivity contribution in [2.45, 2.75) is 42.5 Å². The molecule has 0 aromatic heterocycles. The van der Waals surface area contributed by atoms with Crippen LogP contribution in [0.15, 0.2) is 12.2 Å². The van der Waals surface area contributed by atoms with Gasteiger partial charge in [-0.15, -0.1) is 11.8 Å². The fourth-order valence-electron chi connectivity index (χ4n) is 3.22. The predicted molar refractivity (Wildman–Crippen MR) is 73.4 cm³/mol. The van der Waals surface area contributed by atoms with Crippen molar-refractivity contribution in [2.75, 3.05) is 6.61 Å². The van der Waals surface area contributed by atoms with Gasteiger partial charge in [0.25, 0.3) is 0 Å². The van der Waals surface area contributed by atoms with Crippen LogP contribution in [0.1, 0.15) is 20.3 Å². The molecule has 0 aliphatic carbocycles. The third kappa shape index (κ3) is 2.14. The fourth-order valence-corrected chi connectivity index (χ4v) is 5.25. The number of thioether (sulfide) groups is 1. The Hall–Kier alpha value is -1.50. The molecule has 0 aromatic rings. The number of rotatable bonds is 4. The Morgan fingerprint density at radius 2 is 2.24 bits per heavy atom. The zero-order valence-corrected chi connectivity index (χ0v) is 12.6. The molecule has 6 nitrogen and oxygen atoms in total. The second-order valence-electron chi connectivity index (χ2n) is 5.81. The van der Waals surface area contributed by atoms with Crippen LogP contribution < -0.4 is 0 Å². The molecule has 0 N–H and O–H groups in total. The molecule has 3 aliphatic heterocycles. The van der Waals surface area contributed by atoms with Crippen molar-refractivity contribution in [3.05, 3.63) is 12.2 Å². The van der Waals surface area contributed by atoms with Crippen molar-refractivity contribution in [3.8, 4) is 0 Å². The minimum absolute atomic E-state index is 0.0470. The van der Waals surface area contributed by atoms with Gasteiger partial charge < -0.3 is 14.2 Å². The molecule has 3 fully saturated rings. The number of esters is 3. The zero-order chi connectivity index (χ0) is 15.4. The summed E-state index contributed by atoms with van der Waals surface area (Å²) in [6.07, 6.45) is 0.194. The van der Waals surface area contributed by atoms with Gasteiger partial charge in [0, 0.05) is 10.8 Å². The Labute approximate surface area is 126 Å². The van der Waals surface area contributed by atoms with E-state index in [9.17, 15) is 14.4 Å². The number of hydrogen-bond donors (Lipinski definition) is 0. The normalized spacial score (nSPS) is 39.0. The lowest BCUT2D eigenvalue weighted by molar-refractivity contribution is -0.175. The van der Waals surface area contributed by atoms with Gasteiger partial charge in [0.15, 0.2) is 18.3 Å². The lowest BCUT2D eigenvalue weighted by Crippen LogP contribution is -2.50. The van der Waals surface area contributed by atoms with E-state index in [2.05, 4.69) is 6.58 Å². The molecule has 0 spiro atoms. The van der Waals surface area contributed by atoms with Crippen LogP contribution in [0.5, 0.6) is 0 Å². The second kappa shape index (κ2) is 4.76. The van der Waals surface area contributed by atoms with E-state index in [1.54, 1.807) is 18.7 Å². The average molecular weight is 312 g/mol. The van der Waals surface area contributed by atoms with E-state index in [1.165, 1.54) is 6.92 Å². The largest absolute Gasteiger partial charge is 0.454 e. The van der Waals surface area contributed by atoms with Gasteiger partial charge in [-0.1, -0.05) is 6.58 Å². The van der Waals surface area contributed by atoms with Crippen molar-refractivity contribution in [3.63, 3.8) is 0 Å². The van der Waals surface area contributed by atoms with Gasteiger partial charge in [0.2, 0.25) is 0 Å². The molecule has 3 heterocycles. The van der Waals surface area contributed by atoms with Crippen molar-refractivity contribution in [2.24, 2.45) is 5.92 Å². The Morgan fingerprint density at radius 3 is 2.90 bits per heavy atom. The third-order valence-electron chi connectivity index (χ3n) is 4.19. The maximum atomic E-state index is 11.8. The monoisotopic (exact) mass is 312 g/mol. The van der Waals surface area contributed by atoms with Gasteiger partial charge in [0.05, 0.1) is 11.2 Å². The van der Waals surface area contributed by atoms with Gasteiger partial charge in [-0.3, -0.25) is 4.79 Å². The van der Waals surface area contributed by atoms with Gasteiger partial charge >= 0.3 is 17.9 Å².